The fourth-order valence-corrected chi connectivity index (χ4v) is 4.47. The van der Waals surface area contributed by atoms with Crippen LogP contribution >= 0.6 is 0 Å². The maximum Gasteiger partial charge on any atom is 0.229 e. The zero-order chi connectivity index (χ0) is 18.4. The summed E-state index contributed by atoms with van der Waals surface area (Å²) in [5.74, 6) is 1.31. The van der Waals surface area contributed by atoms with Crippen LogP contribution in [0.2, 0.25) is 0 Å². The molecule has 0 aromatic carbocycles. The quantitative estimate of drug-likeness (QED) is 0.819. The van der Waals surface area contributed by atoms with Crippen LogP contribution in [0.15, 0.2) is 12.3 Å². The first-order valence-electron chi connectivity index (χ1n) is 9.74. The number of anilines is 1. The first-order valence-corrected chi connectivity index (χ1v) is 9.74. The number of hydrogen-bond donors (Lipinski definition) is 1. The summed E-state index contributed by atoms with van der Waals surface area (Å²) < 4.78 is 1.92. The van der Waals surface area contributed by atoms with Crippen molar-refractivity contribution in [3.05, 3.63) is 23.5 Å². The van der Waals surface area contributed by atoms with Gasteiger partial charge in [-0.1, -0.05) is 0 Å². The summed E-state index contributed by atoms with van der Waals surface area (Å²) >= 11 is 0. The molecule has 0 saturated carbocycles. The van der Waals surface area contributed by atoms with Crippen molar-refractivity contribution in [2.24, 2.45) is 11.8 Å². The number of likely N-dealkylation sites (tertiary alicyclic amines) is 1. The van der Waals surface area contributed by atoms with Gasteiger partial charge in [-0.25, -0.2) is 4.98 Å². The summed E-state index contributed by atoms with van der Waals surface area (Å²) in [5, 5.41) is 17.0. The van der Waals surface area contributed by atoms with Crippen LogP contribution in [0.5, 0.6) is 0 Å². The molecule has 3 aliphatic rings. The monoisotopic (exact) mass is 365 g/mol. The number of nitrogens with one attached hydrogen (secondary N) is 1. The Kier molecular flexibility index (Phi) is 3.97. The molecule has 1 N–H and O–H groups in total. The van der Waals surface area contributed by atoms with Crippen LogP contribution in [-0.4, -0.2) is 64.7 Å². The molecule has 1 unspecified atom stereocenters. The molecule has 8 nitrogen and oxygen atoms in total. The van der Waals surface area contributed by atoms with Crippen LogP contribution < -0.4 is 10.2 Å². The molecule has 1 atom stereocenters. The van der Waals surface area contributed by atoms with Crippen molar-refractivity contribution < 1.29 is 4.79 Å². The fourth-order valence-electron chi connectivity index (χ4n) is 4.47. The minimum absolute atomic E-state index is 0.00250. The van der Waals surface area contributed by atoms with Crippen molar-refractivity contribution in [3.8, 4) is 6.07 Å². The van der Waals surface area contributed by atoms with Gasteiger partial charge in [0, 0.05) is 50.8 Å². The van der Waals surface area contributed by atoms with Gasteiger partial charge in [-0.05, 0) is 19.4 Å². The lowest BCUT2D eigenvalue weighted by molar-refractivity contribution is -0.135. The van der Waals surface area contributed by atoms with Gasteiger partial charge in [0.2, 0.25) is 5.91 Å². The second-order valence-corrected chi connectivity index (χ2v) is 7.71. The van der Waals surface area contributed by atoms with E-state index in [1.54, 1.807) is 6.20 Å². The Balaban J connectivity index is 1.38. The van der Waals surface area contributed by atoms with Gasteiger partial charge in [0.05, 0.1) is 29.8 Å². The SMILES string of the molecule is N#CC1CCN(C(=O)C2CN(c3c4c(nc5ccnn35)CCNCC4)C2)C1. The fraction of sp³-hybridized carbons (Fsp3) is 0.579. The summed E-state index contributed by atoms with van der Waals surface area (Å²) in [6.07, 6.45) is 4.44. The predicted molar refractivity (Wildman–Crippen MR) is 99.3 cm³/mol. The molecule has 1 amide bonds. The van der Waals surface area contributed by atoms with E-state index >= 15 is 0 Å². The lowest BCUT2D eigenvalue weighted by Crippen LogP contribution is -2.55. The molecule has 2 aromatic rings. The van der Waals surface area contributed by atoms with Gasteiger partial charge in [-0.2, -0.15) is 14.9 Å². The Hall–Kier alpha value is -2.66. The lowest BCUT2D eigenvalue weighted by atomic mass is 9.96. The highest BCUT2D eigenvalue weighted by atomic mass is 16.2. The third-order valence-corrected chi connectivity index (χ3v) is 5.99. The van der Waals surface area contributed by atoms with Gasteiger partial charge in [0.25, 0.3) is 0 Å². The van der Waals surface area contributed by atoms with Gasteiger partial charge in [-0.15, -0.1) is 0 Å². The van der Waals surface area contributed by atoms with E-state index in [0.717, 1.165) is 49.5 Å². The van der Waals surface area contributed by atoms with Crippen LogP contribution in [0, 0.1) is 23.2 Å². The standard InChI is InChI=1S/C19H23N7O/c20-9-13-4-8-24(10-13)19(27)14-11-25(12-14)18-15-1-5-21-6-2-16(15)23-17-3-7-22-26(17)18/h3,7,13-14,21H,1-2,4-6,8,10-12H2. The van der Waals surface area contributed by atoms with Crippen molar-refractivity contribution in [3.63, 3.8) is 0 Å². The van der Waals surface area contributed by atoms with Crippen molar-refractivity contribution in [1.82, 2.24) is 24.8 Å². The zero-order valence-electron chi connectivity index (χ0n) is 15.3. The molecule has 140 valence electrons. The molecule has 0 bridgehead atoms. The predicted octanol–water partition coefficient (Wildman–Crippen LogP) is 0.226. The second-order valence-electron chi connectivity index (χ2n) is 7.71. The lowest BCUT2D eigenvalue weighted by Gasteiger charge is -2.42. The molecule has 27 heavy (non-hydrogen) atoms. The first-order chi connectivity index (χ1) is 13.2. The van der Waals surface area contributed by atoms with Gasteiger partial charge >= 0.3 is 0 Å². The molecule has 5 heterocycles. The molecule has 2 fully saturated rings. The third-order valence-electron chi connectivity index (χ3n) is 5.99. The van der Waals surface area contributed by atoms with E-state index < -0.39 is 0 Å². The van der Waals surface area contributed by atoms with E-state index in [9.17, 15) is 4.79 Å². The van der Waals surface area contributed by atoms with Gasteiger partial charge in [0.1, 0.15) is 5.82 Å². The number of hydrogen-bond acceptors (Lipinski definition) is 6. The summed E-state index contributed by atoms with van der Waals surface area (Å²) in [6, 6.07) is 4.23. The van der Waals surface area contributed by atoms with Gasteiger partial charge in [-0.3, -0.25) is 4.79 Å². The normalized spacial score (nSPS) is 23.0. The van der Waals surface area contributed by atoms with E-state index in [2.05, 4.69) is 21.4 Å². The van der Waals surface area contributed by atoms with Gasteiger partial charge < -0.3 is 15.1 Å². The first kappa shape index (κ1) is 16.5. The Morgan fingerprint density at radius 3 is 2.93 bits per heavy atom. The number of carbonyl (C=O) groups is 1. The molecule has 0 aliphatic carbocycles. The molecule has 0 spiro atoms. The average Bonchev–Trinajstić information content (AvgIpc) is 3.24. The molecule has 3 aliphatic heterocycles. The second kappa shape index (κ2) is 6.50. The molecule has 2 saturated heterocycles. The zero-order valence-corrected chi connectivity index (χ0v) is 15.3. The van der Waals surface area contributed by atoms with E-state index in [-0.39, 0.29) is 17.7 Å². The average molecular weight is 365 g/mol. The van der Waals surface area contributed by atoms with Crippen molar-refractivity contribution in [1.29, 1.82) is 5.26 Å². The van der Waals surface area contributed by atoms with E-state index in [0.29, 0.717) is 26.2 Å². The Labute approximate surface area is 157 Å². The molecule has 2 aromatic heterocycles. The maximum absolute atomic E-state index is 12.8. The summed E-state index contributed by atoms with van der Waals surface area (Å²) in [6.45, 7) is 4.61. The molecular weight excluding hydrogens is 342 g/mol. The number of nitrogens with zero attached hydrogens (tertiary/aromatic N) is 6. The Morgan fingerprint density at radius 2 is 2.11 bits per heavy atom. The Morgan fingerprint density at radius 1 is 1.26 bits per heavy atom. The number of fused-ring (bicyclic) bond motifs is 2. The van der Waals surface area contributed by atoms with Crippen LogP contribution in [0.1, 0.15) is 17.7 Å². The topological polar surface area (TPSA) is 89.6 Å². The molecule has 0 radical (unpaired) electrons. The highest BCUT2D eigenvalue weighted by Crippen LogP contribution is 2.32. The van der Waals surface area contributed by atoms with Crippen LogP contribution in [-0.2, 0) is 17.6 Å². The summed E-state index contributed by atoms with van der Waals surface area (Å²) in [5.41, 5.74) is 3.28. The number of amides is 1. The van der Waals surface area contributed by atoms with Crippen molar-refractivity contribution in [2.75, 3.05) is 44.2 Å². The van der Waals surface area contributed by atoms with E-state index in [1.807, 2.05) is 15.5 Å². The number of carbonyl (C=O) groups excluding carboxylic acids is 1. The maximum atomic E-state index is 12.8. The minimum atomic E-state index is -0.00250. The number of aromatic nitrogens is 3. The molecular formula is C19H23N7O. The molecule has 5 rings (SSSR count). The highest BCUT2D eigenvalue weighted by molar-refractivity contribution is 5.82. The summed E-state index contributed by atoms with van der Waals surface area (Å²) in [7, 11) is 0. The number of nitriles is 1. The van der Waals surface area contributed by atoms with Crippen LogP contribution in [0.4, 0.5) is 5.82 Å². The van der Waals surface area contributed by atoms with Crippen molar-refractivity contribution in [2.45, 2.75) is 19.3 Å². The van der Waals surface area contributed by atoms with Crippen LogP contribution in [0.3, 0.4) is 0 Å². The van der Waals surface area contributed by atoms with Gasteiger partial charge in [0.15, 0.2) is 5.65 Å². The van der Waals surface area contributed by atoms with Crippen LogP contribution in [0.25, 0.3) is 5.65 Å². The smallest absolute Gasteiger partial charge is 0.229 e. The van der Waals surface area contributed by atoms with E-state index in [4.69, 9.17) is 10.2 Å². The highest BCUT2D eigenvalue weighted by Gasteiger charge is 2.40. The minimum Gasteiger partial charge on any atom is -0.354 e. The number of rotatable bonds is 2. The largest absolute Gasteiger partial charge is 0.354 e. The molecule has 8 heteroatoms. The Bertz CT molecular complexity index is 924. The van der Waals surface area contributed by atoms with E-state index in [1.165, 1.54) is 5.56 Å². The summed E-state index contributed by atoms with van der Waals surface area (Å²) in [4.78, 5) is 21.7. The van der Waals surface area contributed by atoms with Crippen molar-refractivity contribution >= 4 is 17.4 Å². The third kappa shape index (κ3) is 2.73.